The summed E-state index contributed by atoms with van der Waals surface area (Å²) in [5, 5.41) is 3.62. The molecule has 102 valence electrons. The molecular weight excluding hydrogens is 302 g/mol. The third-order valence-corrected chi connectivity index (χ3v) is 4.34. The van der Waals surface area contributed by atoms with Gasteiger partial charge < -0.3 is 9.73 Å². The van der Waals surface area contributed by atoms with E-state index in [0.717, 1.165) is 19.4 Å². The van der Waals surface area contributed by atoms with Gasteiger partial charge in [0.05, 0.1) is 12.5 Å². The van der Waals surface area contributed by atoms with Crippen LogP contribution in [0, 0.1) is 6.92 Å². The molecular formula is C16H20BrNO. The molecule has 2 nitrogen and oxygen atoms in total. The Labute approximate surface area is 123 Å². The minimum Gasteiger partial charge on any atom is -0.472 e. The number of aryl methyl sites for hydroxylation is 1. The maximum absolute atomic E-state index is 5.17. The van der Waals surface area contributed by atoms with Gasteiger partial charge in [0.2, 0.25) is 0 Å². The molecule has 0 aliphatic heterocycles. The fraction of sp³-hybridized carbons (Fsp3) is 0.375. The van der Waals surface area contributed by atoms with E-state index in [-0.39, 0.29) is 0 Å². The van der Waals surface area contributed by atoms with Gasteiger partial charge in [-0.05, 0) is 49.1 Å². The van der Waals surface area contributed by atoms with Gasteiger partial charge in [-0.2, -0.15) is 0 Å². The van der Waals surface area contributed by atoms with E-state index < -0.39 is 0 Å². The third kappa shape index (κ3) is 3.71. The topological polar surface area (TPSA) is 25.2 Å². The maximum Gasteiger partial charge on any atom is 0.0935 e. The number of furan rings is 1. The lowest BCUT2D eigenvalue weighted by molar-refractivity contribution is 0.519. The predicted molar refractivity (Wildman–Crippen MR) is 82.3 cm³/mol. The number of benzene rings is 1. The first kappa shape index (κ1) is 14.4. The average Bonchev–Trinajstić information content (AvgIpc) is 2.91. The Morgan fingerprint density at radius 1 is 1.32 bits per heavy atom. The minimum absolute atomic E-state index is 0.312. The Morgan fingerprint density at radius 2 is 2.16 bits per heavy atom. The standard InChI is InChI=1S/C16H20BrNO/c1-3-8-18-15(10-13-7-9-19-11-13)14-6-4-5-12(2)16(14)17/h4-7,9,11,15,18H,3,8,10H2,1-2H3. The molecule has 1 unspecified atom stereocenters. The summed E-state index contributed by atoms with van der Waals surface area (Å²) >= 11 is 3.71. The Kier molecular flexibility index (Phi) is 5.23. The molecule has 0 saturated heterocycles. The van der Waals surface area contributed by atoms with E-state index in [1.807, 2.05) is 12.3 Å². The van der Waals surface area contributed by atoms with Gasteiger partial charge in [0.15, 0.2) is 0 Å². The molecule has 0 saturated carbocycles. The van der Waals surface area contributed by atoms with Crippen LogP contribution < -0.4 is 5.32 Å². The number of halogens is 1. The van der Waals surface area contributed by atoms with Crippen LogP contribution in [-0.2, 0) is 6.42 Å². The van der Waals surface area contributed by atoms with Crippen LogP contribution in [0.15, 0.2) is 45.7 Å². The number of hydrogen-bond acceptors (Lipinski definition) is 2. The predicted octanol–water partition coefficient (Wildman–Crippen LogP) is 4.63. The summed E-state index contributed by atoms with van der Waals surface area (Å²) < 4.78 is 6.37. The summed E-state index contributed by atoms with van der Waals surface area (Å²) in [4.78, 5) is 0. The lowest BCUT2D eigenvalue weighted by Crippen LogP contribution is -2.24. The second-order valence-corrected chi connectivity index (χ2v) is 5.61. The monoisotopic (exact) mass is 321 g/mol. The first-order valence-electron chi connectivity index (χ1n) is 6.71. The molecule has 0 spiro atoms. The van der Waals surface area contributed by atoms with Crippen molar-refractivity contribution in [1.82, 2.24) is 5.32 Å². The summed E-state index contributed by atoms with van der Waals surface area (Å²) in [5.41, 5.74) is 3.81. The van der Waals surface area contributed by atoms with Gasteiger partial charge in [0.25, 0.3) is 0 Å². The molecule has 1 atom stereocenters. The van der Waals surface area contributed by atoms with Crippen molar-refractivity contribution in [2.75, 3.05) is 6.54 Å². The van der Waals surface area contributed by atoms with Gasteiger partial charge in [-0.1, -0.05) is 41.1 Å². The van der Waals surface area contributed by atoms with Crippen LogP contribution >= 0.6 is 15.9 Å². The first-order chi connectivity index (χ1) is 9.22. The summed E-state index contributed by atoms with van der Waals surface area (Å²) in [5.74, 6) is 0. The smallest absolute Gasteiger partial charge is 0.0935 e. The van der Waals surface area contributed by atoms with Crippen molar-refractivity contribution in [1.29, 1.82) is 0 Å². The highest BCUT2D eigenvalue weighted by atomic mass is 79.9. The van der Waals surface area contributed by atoms with E-state index in [0.29, 0.717) is 6.04 Å². The minimum atomic E-state index is 0.312. The van der Waals surface area contributed by atoms with Gasteiger partial charge in [-0.25, -0.2) is 0 Å². The second kappa shape index (κ2) is 6.92. The van der Waals surface area contributed by atoms with E-state index in [9.17, 15) is 0 Å². The van der Waals surface area contributed by atoms with Crippen LogP contribution in [0.25, 0.3) is 0 Å². The highest BCUT2D eigenvalue weighted by Crippen LogP contribution is 2.29. The SMILES string of the molecule is CCCNC(Cc1ccoc1)c1cccc(C)c1Br. The number of rotatable bonds is 6. The molecule has 0 radical (unpaired) electrons. The zero-order valence-electron chi connectivity index (χ0n) is 11.4. The Hall–Kier alpha value is -1.06. The van der Waals surface area contributed by atoms with Gasteiger partial charge in [0, 0.05) is 10.5 Å². The number of nitrogens with one attached hydrogen (secondary N) is 1. The van der Waals surface area contributed by atoms with Gasteiger partial charge in [0.1, 0.15) is 0 Å². The molecule has 0 aliphatic rings. The van der Waals surface area contributed by atoms with Crippen LogP contribution in [0.5, 0.6) is 0 Å². The van der Waals surface area contributed by atoms with Gasteiger partial charge in [-0.3, -0.25) is 0 Å². The highest BCUT2D eigenvalue weighted by Gasteiger charge is 2.15. The summed E-state index contributed by atoms with van der Waals surface area (Å²) in [6.45, 7) is 5.33. The van der Waals surface area contributed by atoms with Crippen LogP contribution in [0.4, 0.5) is 0 Å². The fourth-order valence-electron chi connectivity index (χ4n) is 2.19. The van der Waals surface area contributed by atoms with Crippen molar-refractivity contribution >= 4 is 15.9 Å². The van der Waals surface area contributed by atoms with E-state index in [2.05, 4.69) is 53.3 Å². The van der Waals surface area contributed by atoms with Crippen molar-refractivity contribution in [2.45, 2.75) is 32.7 Å². The molecule has 0 bridgehead atoms. The molecule has 2 rings (SSSR count). The van der Waals surface area contributed by atoms with Crippen molar-refractivity contribution in [2.24, 2.45) is 0 Å². The molecule has 0 fully saturated rings. The largest absolute Gasteiger partial charge is 0.472 e. The fourth-order valence-corrected chi connectivity index (χ4v) is 2.74. The van der Waals surface area contributed by atoms with E-state index in [1.54, 1.807) is 6.26 Å². The van der Waals surface area contributed by atoms with Crippen LogP contribution in [0.1, 0.15) is 36.1 Å². The Balaban J connectivity index is 2.23. The van der Waals surface area contributed by atoms with Crippen molar-refractivity contribution in [3.63, 3.8) is 0 Å². The zero-order chi connectivity index (χ0) is 13.7. The molecule has 0 aliphatic carbocycles. The molecule has 2 aromatic rings. The molecule has 3 heteroatoms. The van der Waals surface area contributed by atoms with Crippen LogP contribution in [0.2, 0.25) is 0 Å². The summed E-state index contributed by atoms with van der Waals surface area (Å²) in [7, 11) is 0. The van der Waals surface area contributed by atoms with Gasteiger partial charge in [-0.15, -0.1) is 0 Å². The molecule has 19 heavy (non-hydrogen) atoms. The van der Waals surface area contributed by atoms with E-state index in [1.165, 1.54) is 21.2 Å². The lowest BCUT2D eigenvalue weighted by atomic mass is 9.99. The lowest BCUT2D eigenvalue weighted by Gasteiger charge is -2.20. The van der Waals surface area contributed by atoms with Crippen LogP contribution in [0.3, 0.4) is 0 Å². The quantitative estimate of drug-likeness (QED) is 0.838. The van der Waals surface area contributed by atoms with Crippen molar-refractivity contribution in [3.05, 3.63) is 58.0 Å². The summed E-state index contributed by atoms with van der Waals surface area (Å²) in [6, 6.07) is 8.77. The molecule has 1 aromatic heterocycles. The van der Waals surface area contributed by atoms with E-state index in [4.69, 9.17) is 4.42 Å². The molecule has 1 heterocycles. The highest BCUT2D eigenvalue weighted by molar-refractivity contribution is 9.10. The Bertz CT molecular complexity index is 507. The van der Waals surface area contributed by atoms with Gasteiger partial charge >= 0.3 is 0 Å². The molecule has 0 amide bonds. The summed E-state index contributed by atoms with van der Waals surface area (Å²) in [6.07, 6.45) is 5.63. The van der Waals surface area contributed by atoms with Crippen molar-refractivity contribution in [3.8, 4) is 0 Å². The van der Waals surface area contributed by atoms with E-state index >= 15 is 0 Å². The Morgan fingerprint density at radius 3 is 2.84 bits per heavy atom. The molecule has 1 N–H and O–H groups in total. The normalized spacial score (nSPS) is 12.6. The zero-order valence-corrected chi connectivity index (χ0v) is 13.0. The molecule has 1 aromatic carbocycles. The number of hydrogen-bond donors (Lipinski definition) is 1. The first-order valence-corrected chi connectivity index (χ1v) is 7.51. The van der Waals surface area contributed by atoms with Crippen LogP contribution in [-0.4, -0.2) is 6.54 Å². The second-order valence-electron chi connectivity index (χ2n) is 4.82. The third-order valence-electron chi connectivity index (χ3n) is 3.26. The maximum atomic E-state index is 5.17. The average molecular weight is 322 g/mol. The van der Waals surface area contributed by atoms with Crippen molar-refractivity contribution < 1.29 is 4.42 Å².